The van der Waals surface area contributed by atoms with Gasteiger partial charge in [-0.2, -0.15) is 0 Å². The van der Waals surface area contributed by atoms with Crippen molar-refractivity contribution in [2.24, 2.45) is 0 Å². The minimum absolute atomic E-state index is 0.142. The first-order chi connectivity index (χ1) is 5.81. The number of hydrogen-bond acceptors (Lipinski definition) is 3. The van der Waals surface area contributed by atoms with Crippen molar-refractivity contribution in [1.29, 1.82) is 0 Å². The van der Waals surface area contributed by atoms with E-state index in [1.165, 1.54) is 4.52 Å². The average Bonchev–Trinajstić information content (AvgIpc) is 2.49. The number of hydrogen-bond donors (Lipinski definition) is 0. The summed E-state index contributed by atoms with van der Waals surface area (Å²) in [5.74, 6) is 0.142. The fourth-order valence-corrected chi connectivity index (χ4v) is 1.14. The van der Waals surface area contributed by atoms with E-state index in [1.807, 2.05) is 0 Å². The normalized spacial score (nSPS) is 10.4. The highest BCUT2D eigenvalue weighted by Gasteiger charge is 2.03. The van der Waals surface area contributed by atoms with Crippen molar-refractivity contribution in [3.05, 3.63) is 29.2 Å². The molecule has 0 aliphatic heterocycles. The predicted octanol–water partition coefficient (Wildman–Crippen LogP) is 1.20. The molecule has 0 unspecified atom stereocenters. The minimum atomic E-state index is 0.142. The van der Waals surface area contributed by atoms with Gasteiger partial charge in [0.05, 0.1) is 5.02 Å². The van der Waals surface area contributed by atoms with E-state index in [4.69, 9.17) is 11.6 Å². The molecule has 0 radical (unpaired) electrons. The number of aromatic nitrogens is 3. The Balaban J connectivity index is 2.82. The molecule has 0 amide bonds. The summed E-state index contributed by atoms with van der Waals surface area (Å²) in [5, 5.41) is 4.33. The van der Waals surface area contributed by atoms with E-state index in [0.29, 0.717) is 17.0 Å². The number of carbonyl (C=O) groups excluding carboxylic acids is 1. The van der Waals surface area contributed by atoms with Gasteiger partial charge < -0.3 is 0 Å². The second-order valence-corrected chi connectivity index (χ2v) is 2.62. The highest BCUT2D eigenvalue weighted by molar-refractivity contribution is 6.33. The Bertz CT molecular complexity index is 437. The van der Waals surface area contributed by atoms with Crippen molar-refractivity contribution in [2.45, 2.75) is 0 Å². The summed E-state index contributed by atoms with van der Waals surface area (Å²) in [7, 11) is 0. The number of nitrogens with zero attached hydrogens (tertiary/aromatic N) is 3. The molecule has 0 saturated carbocycles. The van der Waals surface area contributed by atoms with E-state index in [1.54, 1.807) is 18.3 Å². The molecule has 4 nitrogen and oxygen atoms in total. The fourth-order valence-electron chi connectivity index (χ4n) is 0.940. The molecule has 0 fully saturated rings. The van der Waals surface area contributed by atoms with E-state index in [0.717, 1.165) is 0 Å². The largest absolute Gasteiger partial charge is 0.294 e. The van der Waals surface area contributed by atoms with Gasteiger partial charge in [-0.15, -0.1) is 5.10 Å². The summed E-state index contributed by atoms with van der Waals surface area (Å²) in [6.45, 7) is 0. The summed E-state index contributed by atoms with van der Waals surface area (Å²) in [4.78, 5) is 14.2. The van der Waals surface area contributed by atoms with Gasteiger partial charge in [0.2, 0.25) is 5.82 Å². The first kappa shape index (κ1) is 7.24. The number of carbonyl (C=O) groups is 1. The number of pyridine rings is 1. The molecular weight excluding hydrogens is 178 g/mol. The Hall–Kier alpha value is -1.42. The van der Waals surface area contributed by atoms with Crippen LogP contribution in [0.25, 0.3) is 5.65 Å². The van der Waals surface area contributed by atoms with Gasteiger partial charge in [0.15, 0.2) is 11.9 Å². The van der Waals surface area contributed by atoms with Crippen LogP contribution in [-0.2, 0) is 0 Å². The van der Waals surface area contributed by atoms with Gasteiger partial charge in [0, 0.05) is 6.20 Å². The molecule has 0 bridgehead atoms. The first-order valence-corrected chi connectivity index (χ1v) is 3.65. The Morgan fingerprint density at radius 1 is 1.58 bits per heavy atom. The van der Waals surface area contributed by atoms with Crippen molar-refractivity contribution >= 4 is 23.5 Å². The molecule has 0 saturated heterocycles. The molecule has 0 aliphatic rings. The van der Waals surface area contributed by atoms with Crippen LogP contribution in [0.3, 0.4) is 0 Å². The number of halogens is 1. The standard InChI is InChI=1S/C7H4ClN3O/c8-5-2-1-3-11-7(5)9-6(4-12)10-11/h1-4H. The van der Waals surface area contributed by atoms with Gasteiger partial charge in [-0.25, -0.2) is 9.50 Å². The van der Waals surface area contributed by atoms with Crippen LogP contribution in [0.15, 0.2) is 18.3 Å². The van der Waals surface area contributed by atoms with Gasteiger partial charge in [-0.1, -0.05) is 11.6 Å². The van der Waals surface area contributed by atoms with Crippen LogP contribution in [0.5, 0.6) is 0 Å². The van der Waals surface area contributed by atoms with Crippen LogP contribution in [-0.4, -0.2) is 20.9 Å². The van der Waals surface area contributed by atoms with E-state index in [2.05, 4.69) is 10.1 Å². The summed E-state index contributed by atoms with van der Waals surface area (Å²) in [6.07, 6.45) is 2.27. The molecule has 60 valence electrons. The first-order valence-electron chi connectivity index (χ1n) is 3.27. The lowest BCUT2D eigenvalue weighted by Gasteiger charge is -1.90. The van der Waals surface area contributed by atoms with Crippen LogP contribution in [0.2, 0.25) is 5.02 Å². The Morgan fingerprint density at radius 3 is 3.08 bits per heavy atom. The average molecular weight is 182 g/mol. The van der Waals surface area contributed by atoms with Gasteiger partial charge in [-0.05, 0) is 12.1 Å². The summed E-state index contributed by atoms with van der Waals surface area (Å²) < 4.78 is 1.46. The molecule has 2 aromatic heterocycles. The monoisotopic (exact) mass is 181 g/mol. The molecule has 0 atom stereocenters. The molecule has 0 aliphatic carbocycles. The fraction of sp³-hybridized carbons (Fsp3) is 0. The second kappa shape index (κ2) is 2.57. The summed E-state index contributed by atoms with van der Waals surface area (Å²) in [5.41, 5.74) is 0.501. The second-order valence-electron chi connectivity index (χ2n) is 2.21. The van der Waals surface area contributed by atoms with E-state index < -0.39 is 0 Å². The molecule has 12 heavy (non-hydrogen) atoms. The Kier molecular flexibility index (Phi) is 1.55. The highest BCUT2D eigenvalue weighted by Crippen LogP contribution is 2.13. The van der Waals surface area contributed by atoms with Gasteiger partial charge >= 0.3 is 0 Å². The molecule has 0 spiro atoms. The quantitative estimate of drug-likeness (QED) is 0.621. The predicted molar refractivity (Wildman–Crippen MR) is 43.4 cm³/mol. The lowest BCUT2D eigenvalue weighted by atomic mass is 10.5. The zero-order valence-electron chi connectivity index (χ0n) is 5.94. The molecule has 2 aromatic rings. The maximum atomic E-state index is 10.3. The van der Waals surface area contributed by atoms with Crippen LogP contribution in [0.4, 0.5) is 0 Å². The minimum Gasteiger partial charge on any atom is -0.294 e. The van der Waals surface area contributed by atoms with Crippen LogP contribution < -0.4 is 0 Å². The van der Waals surface area contributed by atoms with Crippen molar-refractivity contribution in [3.8, 4) is 0 Å². The van der Waals surface area contributed by atoms with Gasteiger partial charge in [0.1, 0.15) is 0 Å². The molecule has 2 heterocycles. The van der Waals surface area contributed by atoms with Crippen molar-refractivity contribution in [2.75, 3.05) is 0 Å². The smallest absolute Gasteiger partial charge is 0.215 e. The zero-order valence-corrected chi connectivity index (χ0v) is 6.69. The van der Waals surface area contributed by atoms with Crippen LogP contribution in [0.1, 0.15) is 10.6 Å². The lowest BCUT2D eigenvalue weighted by molar-refractivity contribution is 0.111. The maximum absolute atomic E-state index is 10.3. The maximum Gasteiger partial charge on any atom is 0.215 e. The SMILES string of the molecule is O=Cc1nc2c(Cl)cccn2n1. The summed E-state index contributed by atoms with van der Waals surface area (Å²) >= 11 is 5.79. The number of aldehydes is 1. The molecule has 2 rings (SSSR count). The zero-order chi connectivity index (χ0) is 8.55. The van der Waals surface area contributed by atoms with Crippen LogP contribution in [0, 0.1) is 0 Å². The van der Waals surface area contributed by atoms with Crippen molar-refractivity contribution < 1.29 is 4.79 Å². The van der Waals surface area contributed by atoms with Gasteiger partial charge in [-0.3, -0.25) is 4.79 Å². The van der Waals surface area contributed by atoms with Gasteiger partial charge in [0.25, 0.3) is 0 Å². The number of fused-ring (bicyclic) bond motifs is 1. The van der Waals surface area contributed by atoms with Crippen molar-refractivity contribution in [1.82, 2.24) is 14.6 Å². The third kappa shape index (κ3) is 0.967. The molecule has 0 N–H and O–H groups in total. The van der Waals surface area contributed by atoms with E-state index >= 15 is 0 Å². The molecular formula is C7H4ClN3O. The van der Waals surface area contributed by atoms with Crippen LogP contribution >= 0.6 is 11.6 Å². The summed E-state index contributed by atoms with van der Waals surface area (Å²) in [6, 6.07) is 3.43. The van der Waals surface area contributed by atoms with E-state index in [9.17, 15) is 4.79 Å². The topological polar surface area (TPSA) is 47.3 Å². The Labute approximate surface area is 72.8 Å². The lowest BCUT2D eigenvalue weighted by Crippen LogP contribution is -1.86. The van der Waals surface area contributed by atoms with E-state index in [-0.39, 0.29) is 5.82 Å². The number of rotatable bonds is 1. The molecule has 0 aromatic carbocycles. The third-order valence-electron chi connectivity index (χ3n) is 1.44. The molecule has 5 heteroatoms. The Morgan fingerprint density at radius 2 is 2.42 bits per heavy atom. The highest BCUT2D eigenvalue weighted by atomic mass is 35.5. The third-order valence-corrected chi connectivity index (χ3v) is 1.73. The van der Waals surface area contributed by atoms with Crippen molar-refractivity contribution in [3.63, 3.8) is 0 Å².